The van der Waals surface area contributed by atoms with Gasteiger partial charge < -0.3 is 4.74 Å². The molecule has 0 aromatic carbocycles. The maximum Gasteiger partial charge on any atom is 0.370 e. The molecule has 3 rings (SSSR count). The van der Waals surface area contributed by atoms with Crippen LogP contribution in [-0.4, -0.2) is 50.5 Å². The summed E-state index contributed by atoms with van der Waals surface area (Å²) < 4.78 is 8.09. The van der Waals surface area contributed by atoms with Crippen molar-refractivity contribution in [3.63, 3.8) is 0 Å². The fraction of sp³-hybridized carbons (Fsp3) is 0.545. The summed E-state index contributed by atoms with van der Waals surface area (Å²) in [6, 6.07) is 4.02. The van der Waals surface area contributed by atoms with E-state index in [1.165, 1.54) is 20.7 Å². The van der Waals surface area contributed by atoms with Crippen LogP contribution in [0.25, 0.3) is 5.00 Å². The van der Waals surface area contributed by atoms with Crippen LogP contribution >= 0.6 is 11.3 Å². The van der Waals surface area contributed by atoms with E-state index in [1.807, 2.05) is 17.5 Å². The van der Waals surface area contributed by atoms with Crippen LogP contribution in [0.5, 0.6) is 0 Å². The molecule has 1 fully saturated rings. The van der Waals surface area contributed by atoms with E-state index in [4.69, 9.17) is 4.74 Å². The second-order valence-corrected chi connectivity index (χ2v) is 5.43. The molecule has 3 heterocycles. The number of thiophene rings is 1. The van der Waals surface area contributed by atoms with E-state index in [0.29, 0.717) is 19.9 Å². The topological polar surface area (TPSA) is 65.2 Å². The maximum atomic E-state index is 12.2. The van der Waals surface area contributed by atoms with Gasteiger partial charge in [-0.25, -0.2) is 4.79 Å². The minimum absolute atomic E-state index is 0.207. The quantitative estimate of drug-likeness (QED) is 0.802. The fourth-order valence-electron chi connectivity index (χ4n) is 2.04. The summed E-state index contributed by atoms with van der Waals surface area (Å²) in [7, 11) is 0. The first-order valence-electron chi connectivity index (χ1n) is 6.14. The van der Waals surface area contributed by atoms with Gasteiger partial charge in [-0.05, 0) is 34.9 Å². The van der Waals surface area contributed by atoms with Gasteiger partial charge in [-0.3, -0.25) is 4.90 Å². The van der Waals surface area contributed by atoms with Crippen molar-refractivity contribution in [2.45, 2.75) is 19.6 Å². The van der Waals surface area contributed by atoms with Crippen molar-refractivity contribution in [3.05, 3.63) is 28.0 Å². The zero-order chi connectivity index (χ0) is 13.2. The van der Waals surface area contributed by atoms with Crippen molar-refractivity contribution in [2.24, 2.45) is 0 Å². The van der Waals surface area contributed by atoms with Gasteiger partial charge in [0.15, 0.2) is 0 Å². The van der Waals surface area contributed by atoms with Crippen molar-refractivity contribution in [2.75, 3.05) is 19.8 Å². The third kappa shape index (κ3) is 2.46. The molecule has 0 N–H and O–H groups in total. The number of aromatic nitrogens is 4. The monoisotopic (exact) mass is 281 g/mol. The Kier molecular flexibility index (Phi) is 3.45. The second-order valence-electron chi connectivity index (χ2n) is 4.50. The van der Waals surface area contributed by atoms with Crippen LogP contribution in [0, 0.1) is 0 Å². The minimum Gasteiger partial charge on any atom is -0.379 e. The van der Waals surface area contributed by atoms with Gasteiger partial charge in [0, 0.05) is 12.6 Å². The lowest BCUT2D eigenvalue weighted by molar-refractivity contribution is -0.0181. The number of nitrogens with zero attached hydrogens (tertiary/aromatic N) is 5. The molecule has 7 nitrogen and oxygen atoms in total. The predicted molar refractivity (Wildman–Crippen MR) is 70.5 cm³/mol. The molecule has 2 aromatic rings. The van der Waals surface area contributed by atoms with Crippen molar-refractivity contribution < 1.29 is 4.74 Å². The maximum absolute atomic E-state index is 12.2. The van der Waals surface area contributed by atoms with Gasteiger partial charge in [-0.2, -0.15) is 9.36 Å². The number of morpholine rings is 1. The molecule has 0 amide bonds. The number of hydrogen-bond donors (Lipinski definition) is 0. The lowest BCUT2D eigenvalue weighted by Crippen LogP contribution is -2.46. The molecular weight excluding hydrogens is 266 g/mol. The molecule has 0 radical (unpaired) electrons. The molecule has 0 saturated carbocycles. The summed E-state index contributed by atoms with van der Waals surface area (Å²) in [5, 5.41) is 10.6. The summed E-state index contributed by atoms with van der Waals surface area (Å²) >= 11 is 1.46. The molecule has 1 aliphatic heterocycles. The minimum atomic E-state index is -0.207. The highest BCUT2D eigenvalue weighted by molar-refractivity contribution is 7.12. The van der Waals surface area contributed by atoms with Crippen molar-refractivity contribution >= 4 is 11.3 Å². The number of tetrazole rings is 1. The van der Waals surface area contributed by atoms with Crippen LogP contribution in [-0.2, 0) is 11.4 Å². The second kappa shape index (κ2) is 5.24. The molecular formula is C11H15N5O2S. The normalized spacial score (nSPS) is 20.8. The highest BCUT2D eigenvalue weighted by Crippen LogP contribution is 2.11. The van der Waals surface area contributed by atoms with E-state index in [0.717, 1.165) is 11.5 Å². The van der Waals surface area contributed by atoms with Crippen LogP contribution in [0.4, 0.5) is 0 Å². The molecule has 102 valence electrons. The van der Waals surface area contributed by atoms with E-state index >= 15 is 0 Å². The molecule has 1 atom stereocenters. The lowest BCUT2D eigenvalue weighted by Gasteiger charge is -2.32. The Morgan fingerprint density at radius 2 is 2.42 bits per heavy atom. The Bertz CT molecular complexity index is 591. The Labute approximate surface area is 114 Å². The number of ether oxygens (including phenoxy) is 1. The van der Waals surface area contributed by atoms with E-state index in [-0.39, 0.29) is 11.7 Å². The zero-order valence-electron chi connectivity index (χ0n) is 10.6. The standard InChI is InChI=1S/C11H15N5O2S/c1-9-7-18-5-4-14(9)8-15-11(17)16(13-12-15)10-3-2-6-19-10/h2-3,6,9H,4-5,7-8H2,1H3/t9-/m0/s1. The largest absolute Gasteiger partial charge is 0.379 e. The van der Waals surface area contributed by atoms with Crippen LogP contribution in [0.1, 0.15) is 6.92 Å². The molecule has 8 heteroatoms. The van der Waals surface area contributed by atoms with Gasteiger partial charge in [-0.15, -0.1) is 11.3 Å². The molecule has 0 unspecified atom stereocenters. The summed E-state index contributed by atoms with van der Waals surface area (Å²) in [6.07, 6.45) is 0. The van der Waals surface area contributed by atoms with E-state index in [9.17, 15) is 4.79 Å². The van der Waals surface area contributed by atoms with Gasteiger partial charge in [0.05, 0.1) is 13.2 Å². The first-order chi connectivity index (χ1) is 9.25. The molecule has 1 aliphatic rings. The van der Waals surface area contributed by atoms with Gasteiger partial charge in [0.2, 0.25) is 0 Å². The van der Waals surface area contributed by atoms with E-state index in [1.54, 1.807) is 0 Å². The highest BCUT2D eigenvalue weighted by Gasteiger charge is 2.21. The van der Waals surface area contributed by atoms with Crippen molar-refractivity contribution in [3.8, 4) is 5.00 Å². The first kappa shape index (κ1) is 12.5. The Hall–Kier alpha value is -1.51. The SMILES string of the molecule is C[C@H]1COCCN1Cn1nnn(-c2cccs2)c1=O. The van der Waals surface area contributed by atoms with Crippen LogP contribution in [0.3, 0.4) is 0 Å². The number of hydrogen-bond acceptors (Lipinski definition) is 6. The average Bonchev–Trinajstić information content (AvgIpc) is 3.03. The summed E-state index contributed by atoms with van der Waals surface area (Å²) in [6.45, 7) is 4.72. The predicted octanol–water partition coefficient (Wildman–Crippen LogP) is 0.169. The number of rotatable bonds is 3. The third-order valence-corrected chi connectivity index (χ3v) is 4.02. The fourth-order valence-corrected chi connectivity index (χ4v) is 2.70. The molecule has 2 aromatic heterocycles. The van der Waals surface area contributed by atoms with Gasteiger partial charge >= 0.3 is 5.69 Å². The molecule has 19 heavy (non-hydrogen) atoms. The lowest BCUT2D eigenvalue weighted by atomic mass is 10.3. The summed E-state index contributed by atoms with van der Waals surface area (Å²) in [5.74, 6) is 0. The van der Waals surface area contributed by atoms with Crippen molar-refractivity contribution in [1.82, 2.24) is 24.7 Å². The highest BCUT2D eigenvalue weighted by atomic mass is 32.1. The average molecular weight is 281 g/mol. The van der Waals surface area contributed by atoms with E-state index in [2.05, 4.69) is 22.3 Å². The summed E-state index contributed by atoms with van der Waals surface area (Å²) in [5.41, 5.74) is -0.207. The molecule has 1 saturated heterocycles. The zero-order valence-corrected chi connectivity index (χ0v) is 11.4. The van der Waals surface area contributed by atoms with Gasteiger partial charge in [-0.1, -0.05) is 0 Å². The van der Waals surface area contributed by atoms with Gasteiger partial charge in [0.1, 0.15) is 11.7 Å². The first-order valence-corrected chi connectivity index (χ1v) is 7.02. The van der Waals surface area contributed by atoms with E-state index < -0.39 is 0 Å². The molecule has 0 bridgehead atoms. The Morgan fingerprint density at radius 3 is 3.16 bits per heavy atom. The Balaban J connectivity index is 1.81. The van der Waals surface area contributed by atoms with Crippen molar-refractivity contribution in [1.29, 1.82) is 0 Å². The van der Waals surface area contributed by atoms with Gasteiger partial charge in [0.25, 0.3) is 0 Å². The molecule has 0 aliphatic carbocycles. The molecule has 0 spiro atoms. The van der Waals surface area contributed by atoms with Crippen LogP contribution in [0.15, 0.2) is 22.3 Å². The summed E-state index contributed by atoms with van der Waals surface area (Å²) in [4.78, 5) is 14.4. The van der Waals surface area contributed by atoms with Crippen LogP contribution < -0.4 is 5.69 Å². The smallest absolute Gasteiger partial charge is 0.370 e. The third-order valence-electron chi connectivity index (χ3n) is 3.18. The van der Waals surface area contributed by atoms with Crippen LogP contribution in [0.2, 0.25) is 0 Å². The Morgan fingerprint density at radius 1 is 1.53 bits per heavy atom.